The zero-order valence-electron chi connectivity index (χ0n) is 23.7. The van der Waals surface area contributed by atoms with E-state index in [0.717, 1.165) is 0 Å². The Balaban J connectivity index is 1.35. The molecule has 0 aromatic rings. The topological polar surface area (TPSA) is 175 Å². The van der Waals surface area contributed by atoms with E-state index in [1.165, 1.54) is 13.8 Å². The summed E-state index contributed by atoms with van der Waals surface area (Å²) in [5.74, 6) is -8.53. The summed E-state index contributed by atoms with van der Waals surface area (Å²) in [7, 11) is 0. The van der Waals surface area contributed by atoms with Gasteiger partial charge in [0, 0.05) is 11.8 Å². The van der Waals surface area contributed by atoms with Crippen LogP contribution in [-0.2, 0) is 42.9 Å². The molecule has 14 unspecified atom stereocenters. The maximum absolute atomic E-state index is 14.8. The lowest BCUT2D eigenvalue weighted by Gasteiger charge is -2.54. The van der Waals surface area contributed by atoms with Gasteiger partial charge in [0.25, 0.3) is 0 Å². The summed E-state index contributed by atoms with van der Waals surface area (Å²) in [6, 6.07) is 0. The third-order valence-electron chi connectivity index (χ3n) is 12.4. The van der Waals surface area contributed by atoms with Crippen LogP contribution in [0.1, 0.15) is 66.7 Å². The highest BCUT2D eigenvalue weighted by molar-refractivity contribution is 6.01. The van der Waals surface area contributed by atoms with Crippen LogP contribution in [0.4, 0.5) is 0 Å². The molecule has 6 aliphatic heterocycles. The van der Waals surface area contributed by atoms with Gasteiger partial charge in [-0.2, -0.15) is 0 Å². The van der Waals surface area contributed by atoms with Gasteiger partial charge < -0.3 is 39.0 Å². The zero-order valence-corrected chi connectivity index (χ0v) is 23.7. The molecule has 224 valence electrons. The van der Waals surface area contributed by atoms with Gasteiger partial charge >= 0.3 is 11.9 Å². The van der Waals surface area contributed by atoms with Crippen LogP contribution in [0.3, 0.4) is 0 Å². The summed E-state index contributed by atoms with van der Waals surface area (Å²) in [6.45, 7) is 7.99. The van der Waals surface area contributed by atoms with E-state index < -0.39 is 111 Å². The van der Waals surface area contributed by atoms with Gasteiger partial charge in [0.1, 0.15) is 23.4 Å². The van der Waals surface area contributed by atoms with E-state index in [4.69, 9.17) is 23.7 Å². The van der Waals surface area contributed by atoms with Crippen LogP contribution in [-0.4, -0.2) is 97.0 Å². The van der Waals surface area contributed by atoms with Gasteiger partial charge in [-0.3, -0.25) is 19.2 Å². The van der Waals surface area contributed by atoms with Gasteiger partial charge in [-0.05, 0) is 47.0 Å². The maximum Gasteiger partial charge on any atom is 0.311 e. The number of hydrogen-bond donors (Lipinski definition) is 3. The summed E-state index contributed by atoms with van der Waals surface area (Å²) < 4.78 is 31.3. The van der Waals surface area contributed by atoms with Crippen LogP contribution in [0.15, 0.2) is 0 Å². The Labute approximate surface area is 236 Å². The minimum atomic E-state index is -2.40. The number of ether oxygens (including phenoxy) is 5. The molecule has 0 amide bonds. The predicted molar refractivity (Wildman–Crippen MR) is 131 cm³/mol. The Kier molecular flexibility index (Phi) is 4.58. The summed E-state index contributed by atoms with van der Waals surface area (Å²) in [4.78, 5) is 54.4. The van der Waals surface area contributed by atoms with Gasteiger partial charge in [-0.1, -0.05) is 6.92 Å². The lowest BCUT2D eigenvalue weighted by atomic mass is 9.59. The molecule has 0 aromatic heterocycles. The van der Waals surface area contributed by atoms with Crippen molar-refractivity contribution in [2.24, 2.45) is 29.1 Å². The van der Waals surface area contributed by atoms with Crippen LogP contribution in [0, 0.1) is 29.1 Å². The van der Waals surface area contributed by atoms with E-state index >= 15 is 0 Å². The van der Waals surface area contributed by atoms with E-state index in [-0.39, 0.29) is 32.1 Å². The smallest absolute Gasteiger partial charge is 0.311 e. The van der Waals surface area contributed by atoms with E-state index in [9.17, 15) is 34.5 Å². The number of aliphatic hydroxyl groups excluding tert-OH is 1. The minimum Gasteiger partial charge on any atom is -0.456 e. The SMILES string of the molecule is CC1C(=O)OC2C1OC13OC4(CCC5(C)C(=O)C(C)(O)C2(O)C51)CC12OC(=O)CC1OC(C)(C)C2C(O)CC4C3=O. The highest BCUT2D eigenvalue weighted by atomic mass is 16.7. The Morgan fingerprint density at radius 2 is 1.68 bits per heavy atom. The number of esters is 2. The van der Waals surface area contributed by atoms with Crippen LogP contribution < -0.4 is 0 Å². The molecule has 12 nitrogen and oxygen atoms in total. The van der Waals surface area contributed by atoms with Crippen molar-refractivity contribution in [3.8, 4) is 0 Å². The fourth-order valence-electron chi connectivity index (χ4n) is 10.9. The van der Waals surface area contributed by atoms with Crippen LogP contribution >= 0.6 is 0 Å². The first-order chi connectivity index (χ1) is 18.9. The third kappa shape index (κ3) is 2.56. The molecule has 8 rings (SSSR count). The molecule has 12 heteroatoms. The Hall–Kier alpha value is -1.96. The number of fused-ring (bicyclic) bond motifs is 2. The standard InChI is InChI=1S/C29H36O12/c1-11-16-19(37-20(11)33)28(36)21-24(4,22(34)25(28,5)35)6-7-26-10-27-14(9-15(31)39-27)38-23(2,3)17(27)13(30)8-12(26)18(32)29(21,40-16)41-26/h11-14,16-17,19,21,30,35-36H,6-10H2,1-5H3. The third-order valence-corrected chi connectivity index (χ3v) is 12.4. The molecule has 6 heterocycles. The summed E-state index contributed by atoms with van der Waals surface area (Å²) >= 11 is 0. The highest BCUT2D eigenvalue weighted by Crippen LogP contribution is 2.72. The molecule has 2 saturated carbocycles. The van der Waals surface area contributed by atoms with Crippen molar-refractivity contribution in [1.82, 2.24) is 0 Å². The average molecular weight is 577 g/mol. The monoisotopic (exact) mass is 576 g/mol. The number of Topliss-reactive ketones (excluding diaryl/α,β-unsaturated/α-hetero) is 2. The number of hydrogen-bond acceptors (Lipinski definition) is 12. The van der Waals surface area contributed by atoms with Crippen molar-refractivity contribution in [1.29, 1.82) is 0 Å². The molecule has 3 N–H and O–H groups in total. The molecule has 3 spiro atoms. The molecule has 8 aliphatic rings. The average Bonchev–Trinajstić information content (AvgIpc) is 3.43. The van der Waals surface area contributed by atoms with Crippen LogP contribution in [0.5, 0.6) is 0 Å². The van der Waals surface area contributed by atoms with Gasteiger partial charge in [0.05, 0.1) is 47.4 Å². The molecule has 2 aliphatic carbocycles. The first kappa shape index (κ1) is 26.7. The van der Waals surface area contributed by atoms with E-state index in [1.54, 1.807) is 6.92 Å². The van der Waals surface area contributed by atoms with Gasteiger partial charge in [-0.15, -0.1) is 0 Å². The molecular weight excluding hydrogens is 540 g/mol. The minimum absolute atomic E-state index is 0.00878. The van der Waals surface area contributed by atoms with E-state index in [1.807, 2.05) is 13.8 Å². The quantitative estimate of drug-likeness (QED) is 0.322. The molecule has 0 radical (unpaired) electrons. The largest absolute Gasteiger partial charge is 0.456 e. The van der Waals surface area contributed by atoms with Crippen molar-refractivity contribution < 1.29 is 58.2 Å². The molecule has 2 bridgehead atoms. The predicted octanol–water partition coefficient (Wildman–Crippen LogP) is -0.288. The number of aliphatic hydroxyl groups is 3. The molecule has 14 atom stereocenters. The van der Waals surface area contributed by atoms with Crippen molar-refractivity contribution >= 4 is 23.5 Å². The Morgan fingerprint density at radius 1 is 0.976 bits per heavy atom. The number of carbonyl (C=O) groups excluding carboxylic acids is 4. The Morgan fingerprint density at radius 3 is 2.39 bits per heavy atom. The first-order valence-electron chi connectivity index (χ1n) is 14.6. The Bertz CT molecular complexity index is 1340. The van der Waals surface area contributed by atoms with E-state index in [2.05, 4.69) is 0 Å². The second-order valence-corrected chi connectivity index (χ2v) is 14.9. The fraction of sp³-hybridized carbons (Fsp3) is 0.862. The lowest BCUT2D eigenvalue weighted by Crippen LogP contribution is -2.75. The summed E-state index contributed by atoms with van der Waals surface area (Å²) in [5.41, 5.74) is -9.77. The molecule has 6 saturated heterocycles. The highest BCUT2D eigenvalue weighted by Gasteiger charge is 2.90. The molecule has 41 heavy (non-hydrogen) atoms. The fourth-order valence-corrected chi connectivity index (χ4v) is 10.9. The normalized spacial score (nSPS) is 61.3. The molecule has 8 fully saturated rings. The van der Waals surface area contributed by atoms with Crippen molar-refractivity contribution in [2.45, 2.75) is 125 Å². The van der Waals surface area contributed by atoms with Crippen molar-refractivity contribution in [2.75, 3.05) is 0 Å². The van der Waals surface area contributed by atoms with Crippen LogP contribution in [0.2, 0.25) is 0 Å². The van der Waals surface area contributed by atoms with Crippen LogP contribution in [0.25, 0.3) is 0 Å². The number of ketones is 2. The zero-order chi connectivity index (χ0) is 29.5. The summed E-state index contributed by atoms with van der Waals surface area (Å²) in [6.07, 6.45) is -4.18. The first-order valence-corrected chi connectivity index (χ1v) is 14.6. The summed E-state index contributed by atoms with van der Waals surface area (Å²) in [5, 5.41) is 35.9. The van der Waals surface area contributed by atoms with Gasteiger partial charge in [0.2, 0.25) is 5.79 Å². The molecule has 0 aromatic carbocycles. The number of rotatable bonds is 0. The van der Waals surface area contributed by atoms with E-state index in [0.29, 0.717) is 0 Å². The second-order valence-electron chi connectivity index (χ2n) is 14.9. The maximum atomic E-state index is 14.8. The number of carbonyl (C=O) groups is 4. The van der Waals surface area contributed by atoms with Gasteiger partial charge in [0.15, 0.2) is 23.3 Å². The second kappa shape index (κ2) is 7.05. The van der Waals surface area contributed by atoms with Gasteiger partial charge in [-0.25, -0.2) is 0 Å². The van der Waals surface area contributed by atoms with Crippen molar-refractivity contribution in [3.05, 3.63) is 0 Å². The molecular formula is C29H36O12. The van der Waals surface area contributed by atoms with Crippen molar-refractivity contribution in [3.63, 3.8) is 0 Å². The lowest BCUT2D eigenvalue weighted by molar-refractivity contribution is -0.370.